The van der Waals surface area contributed by atoms with Gasteiger partial charge in [0, 0.05) is 25.2 Å². The van der Waals surface area contributed by atoms with E-state index in [9.17, 15) is 9.59 Å². The van der Waals surface area contributed by atoms with Crippen molar-refractivity contribution in [2.24, 2.45) is 5.92 Å². The number of para-hydroxylation sites is 1. The molecule has 0 spiro atoms. The van der Waals surface area contributed by atoms with E-state index in [1.807, 2.05) is 37.3 Å². The van der Waals surface area contributed by atoms with Crippen LogP contribution in [0.4, 0.5) is 5.69 Å². The molecule has 2 rings (SSSR count). The molecule has 0 amide bonds. The Bertz CT molecular complexity index is 586. The van der Waals surface area contributed by atoms with Gasteiger partial charge in [0.1, 0.15) is 0 Å². The number of carbonyl (C=O) groups is 2. The Kier molecular flexibility index (Phi) is 4.65. The average molecular weight is 301 g/mol. The number of rotatable bonds is 5. The van der Waals surface area contributed by atoms with Crippen molar-refractivity contribution in [2.45, 2.75) is 26.1 Å². The molecule has 1 saturated heterocycles. The molecule has 1 aromatic rings. The summed E-state index contributed by atoms with van der Waals surface area (Å²) in [7, 11) is 0. The van der Waals surface area contributed by atoms with Gasteiger partial charge in [0.15, 0.2) is 5.57 Å². The molecule has 0 saturated carbocycles. The van der Waals surface area contributed by atoms with Gasteiger partial charge in [-0.3, -0.25) is 0 Å². The second-order valence-electron chi connectivity index (χ2n) is 5.40. The zero-order valence-electron chi connectivity index (χ0n) is 12.7. The second kappa shape index (κ2) is 6.47. The van der Waals surface area contributed by atoms with Crippen LogP contribution in [-0.2, 0) is 19.1 Å². The number of hydrogen-bond acceptors (Lipinski definition) is 5. The maximum atomic E-state index is 12.1. The number of anilines is 1. The highest BCUT2D eigenvalue weighted by Gasteiger charge is 2.43. The van der Waals surface area contributed by atoms with Crippen molar-refractivity contribution in [2.75, 3.05) is 5.32 Å². The summed E-state index contributed by atoms with van der Waals surface area (Å²) in [5, 5.41) is 2.87. The van der Waals surface area contributed by atoms with E-state index < -0.39 is 17.7 Å². The smallest absolute Gasteiger partial charge is 0.350 e. The van der Waals surface area contributed by atoms with E-state index in [0.717, 1.165) is 5.69 Å². The van der Waals surface area contributed by atoms with Crippen LogP contribution in [-0.4, -0.2) is 17.7 Å². The molecule has 1 aliphatic heterocycles. The van der Waals surface area contributed by atoms with Gasteiger partial charge in [-0.05, 0) is 18.1 Å². The zero-order chi connectivity index (χ0) is 16.2. The molecule has 1 N–H and O–H groups in total. The summed E-state index contributed by atoms with van der Waals surface area (Å²) >= 11 is 0. The minimum atomic E-state index is -1.26. The number of nitrogens with one attached hydrogen (secondary N) is 1. The van der Waals surface area contributed by atoms with E-state index >= 15 is 0 Å². The number of hydrogen-bond donors (Lipinski definition) is 1. The van der Waals surface area contributed by atoms with E-state index in [4.69, 9.17) is 9.47 Å². The van der Waals surface area contributed by atoms with Crippen molar-refractivity contribution in [1.29, 1.82) is 0 Å². The predicted molar refractivity (Wildman–Crippen MR) is 82.7 cm³/mol. The molecular weight excluding hydrogens is 282 g/mol. The molecule has 1 atom stereocenters. The Labute approximate surface area is 129 Å². The van der Waals surface area contributed by atoms with Gasteiger partial charge in [0.05, 0.1) is 0 Å². The summed E-state index contributed by atoms with van der Waals surface area (Å²) in [4.78, 5) is 24.1. The lowest BCUT2D eigenvalue weighted by Gasteiger charge is -2.34. The maximum absolute atomic E-state index is 12.1. The van der Waals surface area contributed by atoms with Crippen molar-refractivity contribution >= 4 is 17.6 Å². The van der Waals surface area contributed by atoms with Gasteiger partial charge in [0.2, 0.25) is 0 Å². The van der Waals surface area contributed by atoms with Gasteiger partial charge in [-0.15, -0.1) is 6.58 Å². The fourth-order valence-electron chi connectivity index (χ4n) is 2.17. The largest absolute Gasteiger partial charge is 0.419 e. The normalized spacial score (nSPS) is 22.4. The molecule has 1 aromatic carbocycles. The highest BCUT2D eigenvalue weighted by Crippen LogP contribution is 2.29. The summed E-state index contributed by atoms with van der Waals surface area (Å²) in [6.07, 6.45) is 3.39. The van der Waals surface area contributed by atoms with Gasteiger partial charge < -0.3 is 14.8 Å². The Morgan fingerprint density at radius 2 is 1.82 bits per heavy atom. The van der Waals surface area contributed by atoms with Crippen molar-refractivity contribution in [3.8, 4) is 0 Å². The van der Waals surface area contributed by atoms with Crippen LogP contribution in [0.2, 0.25) is 0 Å². The van der Waals surface area contributed by atoms with Crippen LogP contribution in [0.3, 0.4) is 0 Å². The van der Waals surface area contributed by atoms with Crippen LogP contribution in [0.15, 0.2) is 54.8 Å². The molecule has 5 heteroatoms. The number of cyclic esters (lactones) is 2. The third-order valence-electron chi connectivity index (χ3n) is 3.31. The number of ether oxygens (including phenoxy) is 2. The number of carbonyl (C=O) groups excluding carboxylic acids is 2. The topological polar surface area (TPSA) is 64.6 Å². The quantitative estimate of drug-likeness (QED) is 0.392. The fourth-order valence-corrected chi connectivity index (χ4v) is 2.17. The molecule has 116 valence electrons. The van der Waals surface area contributed by atoms with Crippen LogP contribution in [0.1, 0.15) is 20.3 Å². The van der Waals surface area contributed by atoms with Crippen molar-refractivity contribution in [1.82, 2.24) is 0 Å². The standard InChI is InChI=1S/C17H19NO4/c1-4-12(2)10-17(3)21-15(19)14(16(20)22-17)11-18-13-8-6-5-7-9-13/h4-9,11-12,18H,1,10H2,2-3H3/t12-,17?/m0/s1. The molecule has 0 radical (unpaired) electrons. The SMILES string of the molecule is C=C[C@H](C)CC1(C)OC(=O)C(=CNc2ccccc2)C(=O)O1. The number of benzene rings is 1. The molecule has 1 aliphatic rings. The first-order valence-corrected chi connectivity index (χ1v) is 7.04. The van der Waals surface area contributed by atoms with Crippen LogP contribution >= 0.6 is 0 Å². The van der Waals surface area contributed by atoms with Gasteiger partial charge in [-0.25, -0.2) is 9.59 Å². The highest BCUT2D eigenvalue weighted by atomic mass is 16.7. The fraction of sp³-hybridized carbons (Fsp3) is 0.294. The highest BCUT2D eigenvalue weighted by molar-refractivity contribution is 6.15. The summed E-state index contributed by atoms with van der Waals surface area (Å²) in [5.41, 5.74) is 0.594. The Morgan fingerprint density at radius 1 is 1.23 bits per heavy atom. The van der Waals surface area contributed by atoms with E-state index in [1.165, 1.54) is 6.20 Å². The van der Waals surface area contributed by atoms with Gasteiger partial charge >= 0.3 is 11.9 Å². The first-order valence-electron chi connectivity index (χ1n) is 7.04. The molecule has 5 nitrogen and oxygen atoms in total. The lowest BCUT2D eigenvalue weighted by Crippen LogP contribution is -2.45. The second-order valence-corrected chi connectivity index (χ2v) is 5.40. The molecule has 1 fully saturated rings. The monoisotopic (exact) mass is 301 g/mol. The van der Waals surface area contributed by atoms with E-state index in [-0.39, 0.29) is 11.5 Å². The minimum Gasteiger partial charge on any atom is -0.419 e. The summed E-state index contributed by atoms with van der Waals surface area (Å²) in [5.74, 6) is -2.60. The van der Waals surface area contributed by atoms with Crippen molar-refractivity contribution in [3.63, 3.8) is 0 Å². The van der Waals surface area contributed by atoms with Gasteiger partial charge in [0.25, 0.3) is 5.79 Å². The van der Waals surface area contributed by atoms with E-state index in [1.54, 1.807) is 13.0 Å². The van der Waals surface area contributed by atoms with E-state index in [0.29, 0.717) is 6.42 Å². The predicted octanol–water partition coefficient (Wildman–Crippen LogP) is 3.01. The van der Waals surface area contributed by atoms with Gasteiger partial charge in [-0.1, -0.05) is 31.2 Å². The molecule has 0 unspecified atom stereocenters. The third-order valence-corrected chi connectivity index (χ3v) is 3.31. The lowest BCUT2D eigenvalue weighted by molar-refractivity contribution is -0.232. The van der Waals surface area contributed by atoms with Crippen molar-refractivity contribution in [3.05, 3.63) is 54.8 Å². The molecule has 22 heavy (non-hydrogen) atoms. The van der Waals surface area contributed by atoms with Crippen molar-refractivity contribution < 1.29 is 19.1 Å². The van der Waals surface area contributed by atoms with Crippen LogP contribution < -0.4 is 5.32 Å². The lowest BCUT2D eigenvalue weighted by atomic mass is 10.0. The Hall–Kier alpha value is -2.56. The minimum absolute atomic E-state index is 0.0542. The zero-order valence-corrected chi connectivity index (χ0v) is 12.7. The average Bonchev–Trinajstić information content (AvgIpc) is 2.46. The Balaban J connectivity index is 2.09. The summed E-state index contributed by atoms with van der Waals surface area (Å²) in [6.45, 7) is 7.15. The maximum Gasteiger partial charge on any atom is 0.350 e. The number of esters is 2. The summed E-state index contributed by atoms with van der Waals surface area (Å²) < 4.78 is 10.6. The van der Waals surface area contributed by atoms with Gasteiger partial charge in [-0.2, -0.15) is 0 Å². The Morgan fingerprint density at radius 3 is 2.36 bits per heavy atom. The van der Waals surface area contributed by atoms with Crippen LogP contribution in [0, 0.1) is 5.92 Å². The first-order chi connectivity index (χ1) is 10.4. The number of allylic oxidation sites excluding steroid dienone is 1. The molecular formula is C17H19NO4. The molecule has 0 bridgehead atoms. The van der Waals surface area contributed by atoms with Crippen LogP contribution in [0.5, 0.6) is 0 Å². The molecule has 0 aliphatic carbocycles. The van der Waals surface area contributed by atoms with Crippen LogP contribution in [0.25, 0.3) is 0 Å². The molecule has 1 heterocycles. The third kappa shape index (κ3) is 3.75. The van der Waals surface area contributed by atoms with E-state index in [2.05, 4.69) is 11.9 Å². The first kappa shape index (κ1) is 15.8. The summed E-state index contributed by atoms with van der Waals surface area (Å²) in [6, 6.07) is 9.17. The molecule has 0 aromatic heterocycles.